The summed E-state index contributed by atoms with van der Waals surface area (Å²) >= 11 is 0. The first kappa shape index (κ1) is 8.16. The van der Waals surface area contributed by atoms with Crippen LogP contribution in [0.25, 0.3) is 0 Å². The van der Waals surface area contributed by atoms with Gasteiger partial charge < -0.3 is 5.73 Å². The second kappa shape index (κ2) is 2.98. The third-order valence-corrected chi connectivity index (χ3v) is 1.52. The molecule has 12 heavy (non-hydrogen) atoms. The Morgan fingerprint density at radius 2 is 2.42 bits per heavy atom. The van der Waals surface area contributed by atoms with E-state index in [4.69, 9.17) is 17.4 Å². The van der Waals surface area contributed by atoms with E-state index in [9.17, 15) is 0 Å². The lowest BCUT2D eigenvalue weighted by Gasteiger charge is -1.95. The van der Waals surface area contributed by atoms with E-state index >= 15 is 0 Å². The number of nitrogens with two attached hydrogens (primary N) is 1. The number of nitriles is 1. The molecule has 2 N–H and O–H groups in total. The van der Waals surface area contributed by atoms with Gasteiger partial charge in [-0.2, -0.15) is 10.4 Å². The Hall–Kier alpha value is -1.94. The van der Waals surface area contributed by atoms with Gasteiger partial charge in [-0.25, -0.2) is 4.68 Å². The summed E-state index contributed by atoms with van der Waals surface area (Å²) in [5.74, 6) is 2.74. The lowest BCUT2D eigenvalue weighted by molar-refractivity contribution is 0.717. The van der Waals surface area contributed by atoms with E-state index in [0.717, 1.165) is 0 Å². The maximum absolute atomic E-state index is 8.65. The van der Waals surface area contributed by atoms with E-state index in [-0.39, 0.29) is 0 Å². The van der Waals surface area contributed by atoms with Crippen molar-refractivity contribution in [3.05, 3.63) is 11.3 Å². The van der Waals surface area contributed by atoms with Crippen LogP contribution in [0.2, 0.25) is 0 Å². The molecule has 0 aliphatic rings. The van der Waals surface area contributed by atoms with Gasteiger partial charge in [0.15, 0.2) is 0 Å². The molecule has 4 heteroatoms. The maximum Gasteiger partial charge on any atom is 0.141 e. The van der Waals surface area contributed by atoms with Crippen molar-refractivity contribution in [3.8, 4) is 18.4 Å². The standard InChI is InChI=1S/C8H8N4/c1-3-4-12-8(10)7(5-9)6(2)11-12/h1H,4,10H2,2H3. The zero-order valence-corrected chi connectivity index (χ0v) is 6.70. The quantitative estimate of drug-likeness (QED) is 0.600. The van der Waals surface area contributed by atoms with E-state index in [2.05, 4.69) is 11.0 Å². The van der Waals surface area contributed by atoms with Crippen LogP contribution >= 0.6 is 0 Å². The lowest BCUT2D eigenvalue weighted by atomic mass is 10.3. The topological polar surface area (TPSA) is 67.6 Å². The van der Waals surface area contributed by atoms with E-state index in [1.165, 1.54) is 4.68 Å². The average Bonchev–Trinajstić information content (AvgIpc) is 2.29. The predicted molar refractivity (Wildman–Crippen MR) is 44.9 cm³/mol. The highest BCUT2D eigenvalue weighted by atomic mass is 15.3. The molecule has 1 aromatic rings. The minimum Gasteiger partial charge on any atom is -0.383 e. The molecule has 1 aromatic heterocycles. The van der Waals surface area contributed by atoms with Crippen molar-refractivity contribution in [3.63, 3.8) is 0 Å². The Labute approximate surface area is 70.6 Å². The third-order valence-electron chi connectivity index (χ3n) is 1.52. The molecular weight excluding hydrogens is 152 g/mol. The van der Waals surface area contributed by atoms with Gasteiger partial charge in [0.1, 0.15) is 24.0 Å². The number of hydrogen-bond acceptors (Lipinski definition) is 3. The predicted octanol–water partition coefficient (Wildman–Crippen LogP) is 0.279. The van der Waals surface area contributed by atoms with E-state index < -0.39 is 0 Å². The van der Waals surface area contributed by atoms with E-state index in [1.54, 1.807) is 6.92 Å². The number of terminal acetylenes is 1. The third kappa shape index (κ3) is 1.11. The summed E-state index contributed by atoms with van der Waals surface area (Å²) in [6.45, 7) is 2.02. The number of nitrogens with zero attached hydrogens (tertiary/aromatic N) is 3. The molecule has 0 saturated carbocycles. The molecule has 0 saturated heterocycles. The Kier molecular flexibility index (Phi) is 2.02. The van der Waals surface area contributed by atoms with Gasteiger partial charge in [-0.1, -0.05) is 5.92 Å². The Morgan fingerprint density at radius 3 is 2.83 bits per heavy atom. The van der Waals surface area contributed by atoms with Crippen LogP contribution in [-0.2, 0) is 6.54 Å². The average molecular weight is 160 g/mol. The molecule has 60 valence electrons. The monoisotopic (exact) mass is 160 g/mol. The van der Waals surface area contributed by atoms with Crippen LogP contribution in [0.5, 0.6) is 0 Å². The zero-order chi connectivity index (χ0) is 9.14. The Morgan fingerprint density at radius 1 is 1.75 bits per heavy atom. The smallest absolute Gasteiger partial charge is 0.141 e. The maximum atomic E-state index is 8.65. The van der Waals surface area contributed by atoms with Crippen molar-refractivity contribution >= 4 is 5.82 Å². The summed E-state index contributed by atoms with van der Waals surface area (Å²) in [4.78, 5) is 0. The summed E-state index contributed by atoms with van der Waals surface area (Å²) in [6.07, 6.45) is 5.08. The highest BCUT2D eigenvalue weighted by molar-refractivity contribution is 5.51. The van der Waals surface area contributed by atoms with Gasteiger partial charge in [-0.3, -0.25) is 0 Å². The summed E-state index contributed by atoms with van der Waals surface area (Å²) in [6, 6.07) is 1.97. The fourth-order valence-corrected chi connectivity index (χ4v) is 0.945. The number of aryl methyl sites for hydroxylation is 1. The molecule has 0 aromatic carbocycles. The van der Waals surface area contributed by atoms with Gasteiger partial charge in [-0.15, -0.1) is 6.42 Å². The molecular formula is C8H8N4. The second-order valence-electron chi connectivity index (χ2n) is 2.32. The minimum atomic E-state index is 0.300. The van der Waals surface area contributed by atoms with Crippen LogP contribution in [0.15, 0.2) is 0 Å². The first-order valence-corrected chi connectivity index (χ1v) is 3.37. The molecule has 0 aliphatic heterocycles. The highest BCUT2D eigenvalue weighted by Crippen LogP contribution is 2.13. The van der Waals surface area contributed by atoms with Crippen LogP contribution in [0, 0.1) is 30.6 Å². The van der Waals surface area contributed by atoms with Crippen molar-refractivity contribution in [2.75, 3.05) is 5.73 Å². The largest absolute Gasteiger partial charge is 0.383 e. The molecule has 4 nitrogen and oxygen atoms in total. The zero-order valence-electron chi connectivity index (χ0n) is 6.70. The molecule has 0 fully saturated rings. The van der Waals surface area contributed by atoms with Crippen molar-refractivity contribution in [1.82, 2.24) is 9.78 Å². The van der Waals surface area contributed by atoms with Gasteiger partial charge in [0.25, 0.3) is 0 Å². The first-order valence-electron chi connectivity index (χ1n) is 3.37. The number of nitrogen functional groups attached to an aromatic ring is 1. The van der Waals surface area contributed by atoms with Gasteiger partial charge in [-0.05, 0) is 6.92 Å². The first-order chi connectivity index (χ1) is 5.70. The van der Waals surface area contributed by atoms with Crippen molar-refractivity contribution in [1.29, 1.82) is 5.26 Å². The van der Waals surface area contributed by atoms with Crippen LogP contribution < -0.4 is 5.73 Å². The fraction of sp³-hybridized carbons (Fsp3) is 0.250. The summed E-state index contributed by atoms with van der Waals surface area (Å²) < 4.78 is 1.44. The number of aromatic nitrogens is 2. The van der Waals surface area contributed by atoms with Gasteiger partial charge in [0.2, 0.25) is 0 Å². The summed E-state index contributed by atoms with van der Waals surface area (Å²) in [5, 5.41) is 12.6. The molecule has 0 radical (unpaired) electrons. The van der Waals surface area contributed by atoms with Crippen LogP contribution in [-0.4, -0.2) is 9.78 Å². The molecule has 0 amide bonds. The van der Waals surface area contributed by atoms with Crippen LogP contribution in [0.1, 0.15) is 11.3 Å². The van der Waals surface area contributed by atoms with Crippen molar-refractivity contribution in [2.24, 2.45) is 0 Å². The molecule has 0 atom stereocenters. The Bertz CT molecular complexity index is 375. The van der Waals surface area contributed by atoms with E-state index in [1.807, 2.05) is 6.07 Å². The molecule has 1 heterocycles. The van der Waals surface area contributed by atoms with Crippen LogP contribution in [0.4, 0.5) is 5.82 Å². The van der Waals surface area contributed by atoms with Gasteiger partial charge in [0.05, 0.1) is 5.69 Å². The van der Waals surface area contributed by atoms with Crippen LogP contribution in [0.3, 0.4) is 0 Å². The number of hydrogen-bond donors (Lipinski definition) is 1. The SMILES string of the molecule is C#CCn1nc(C)c(C#N)c1N. The molecule has 0 spiro atoms. The normalized spacial score (nSPS) is 8.92. The molecule has 0 bridgehead atoms. The van der Waals surface area contributed by atoms with Crippen molar-refractivity contribution < 1.29 is 0 Å². The second-order valence-corrected chi connectivity index (χ2v) is 2.32. The number of anilines is 1. The minimum absolute atomic E-state index is 0.300. The summed E-state index contributed by atoms with van der Waals surface area (Å²) in [5.41, 5.74) is 6.61. The molecule has 1 rings (SSSR count). The highest BCUT2D eigenvalue weighted by Gasteiger charge is 2.09. The van der Waals surface area contributed by atoms with Gasteiger partial charge in [0, 0.05) is 0 Å². The summed E-state index contributed by atoms with van der Waals surface area (Å²) in [7, 11) is 0. The van der Waals surface area contributed by atoms with Crippen molar-refractivity contribution in [2.45, 2.75) is 13.5 Å². The molecule has 0 aliphatic carbocycles. The van der Waals surface area contributed by atoms with Gasteiger partial charge >= 0.3 is 0 Å². The Balaban J connectivity index is 3.21. The fourth-order valence-electron chi connectivity index (χ4n) is 0.945. The lowest BCUT2D eigenvalue weighted by Crippen LogP contribution is -2.03. The number of rotatable bonds is 1. The molecule has 0 unspecified atom stereocenters. The van der Waals surface area contributed by atoms with E-state index in [0.29, 0.717) is 23.6 Å².